The molecule has 2 N–H and O–H groups in total. The second kappa shape index (κ2) is 8.03. The Morgan fingerprint density at radius 1 is 1.31 bits per heavy atom. The zero-order valence-corrected chi connectivity index (χ0v) is 16.8. The normalized spacial score (nSPS) is 10.6. The Balaban J connectivity index is 1.82. The molecule has 26 heavy (non-hydrogen) atoms. The molecule has 0 fully saturated rings. The number of anilines is 3. The van der Waals surface area contributed by atoms with E-state index in [1.807, 2.05) is 12.3 Å². The molecule has 1 amide bonds. The molecule has 0 unspecified atom stereocenters. The van der Waals surface area contributed by atoms with E-state index in [-0.39, 0.29) is 5.91 Å². The first kappa shape index (κ1) is 18.6. The van der Waals surface area contributed by atoms with Gasteiger partial charge in [-0.05, 0) is 25.1 Å². The van der Waals surface area contributed by atoms with Crippen LogP contribution in [-0.2, 0) is 4.79 Å². The van der Waals surface area contributed by atoms with Crippen molar-refractivity contribution in [1.82, 2.24) is 9.97 Å². The third-order valence-electron chi connectivity index (χ3n) is 3.50. The molecule has 2 aromatic heterocycles. The zero-order chi connectivity index (χ0) is 18.7. The molecule has 9 heteroatoms. The average molecular weight is 409 g/mol. The maximum atomic E-state index is 11.5. The largest absolute Gasteiger partial charge is 0.495 e. The Kier molecular flexibility index (Phi) is 5.75. The molecular formula is C17H17ClN4O2S2. The van der Waals surface area contributed by atoms with Crippen LogP contribution in [-0.4, -0.2) is 23.0 Å². The lowest BCUT2D eigenvalue weighted by molar-refractivity contribution is -0.115. The van der Waals surface area contributed by atoms with Crippen molar-refractivity contribution in [2.45, 2.75) is 20.3 Å². The molecule has 0 spiro atoms. The summed E-state index contributed by atoms with van der Waals surface area (Å²) >= 11 is 8.95. The summed E-state index contributed by atoms with van der Waals surface area (Å²) in [5.74, 6) is 0.628. The van der Waals surface area contributed by atoms with E-state index in [4.69, 9.17) is 16.3 Å². The van der Waals surface area contributed by atoms with E-state index in [9.17, 15) is 4.79 Å². The predicted octanol–water partition coefficient (Wildman–Crippen LogP) is 5.33. The van der Waals surface area contributed by atoms with Crippen molar-refractivity contribution in [3.8, 4) is 16.3 Å². The molecule has 0 aliphatic rings. The first-order valence-electron chi connectivity index (χ1n) is 7.84. The maximum absolute atomic E-state index is 11.5. The van der Waals surface area contributed by atoms with Gasteiger partial charge in [-0.1, -0.05) is 29.9 Å². The van der Waals surface area contributed by atoms with Crippen LogP contribution in [0.3, 0.4) is 0 Å². The van der Waals surface area contributed by atoms with Crippen LogP contribution in [0.5, 0.6) is 5.75 Å². The number of carbonyl (C=O) groups excluding carboxylic acids is 1. The number of benzene rings is 1. The van der Waals surface area contributed by atoms with Crippen LogP contribution >= 0.6 is 34.3 Å². The van der Waals surface area contributed by atoms with E-state index in [2.05, 4.69) is 20.6 Å². The number of nitrogens with zero attached hydrogens (tertiary/aromatic N) is 2. The van der Waals surface area contributed by atoms with Crippen LogP contribution in [0, 0.1) is 6.92 Å². The third-order valence-corrected chi connectivity index (χ3v) is 5.59. The number of halogens is 1. The van der Waals surface area contributed by atoms with Gasteiger partial charge in [0.05, 0.1) is 29.1 Å². The Bertz CT molecular complexity index is 939. The molecule has 0 saturated heterocycles. The Labute approximate surface area is 164 Å². The Hall–Kier alpha value is -2.16. The van der Waals surface area contributed by atoms with Crippen molar-refractivity contribution in [1.29, 1.82) is 0 Å². The third kappa shape index (κ3) is 4.14. The number of ether oxygens (including phenoxy) is 1. The van der Waals surface area contributed by atoms with Gasteiger partial charge in [0, 0.05) is 16.8 Å². The van der Waals surface area contributed by atoms with Gasteiger partial charge in [0.1, 0.15) is 5.75 Å². The molecule has 1 aromatic carbocycles. The summed E-state index contributed by atoms with van der Waals surface area (Å²) in [6.45, 7) is 3.71. The van der Waals surface area contributed by atoms with Crippen molar-refractivity contribution < 1.29 is 9.53 Å². The second-order valence-corrected chi connectivity index (χ2v) is 7.64. The molecule has 0 aliphatic heterocycles. The van der Waals surface area contributed by atoms with Gasteiger partial charge in [0.15, 0.2) is 10.3 Å². The van der Waals surface area contributed by atoms with Gasteiger partial charge in [0.25, 0.3) is 0 Å². The molecule has 3 rings (SSSR count). The van der Waals surface area contributed by atoms with Crippen molar-refractivity contribution in [3.63, 3.8) is 0 Å². The molecule has 3 aromatic rings. The second-order valence-electron chi connectivity index (χ2n) is 5.34. The highest BCUT2D eigenvalue weighted by Gasteiger charge is 2.15. The lowest BCUT2D eigenvalue weighted by atomic mass is 10.3. The van der Waals surface area contributed by atoms with Crippen molar-refractivity contribution >= 4 is 56.1 Å². The highest BCUT2D eigenvalue weighted by Crippen LogP contribution is 2.36. The standard InChI is InChI=1S/C17H17ClN4O2S2/c1-4-14(23)22-17-19-9(2)15(26-17)12-8-25-16(21-12)20-11-7-10(18)5-6-13(11)24-3/h5-8H,4H2,1-3H3,(H,20,21)(H,19,22,23). The summed E-state index contributed by atoms with van der Waals surface area (Å²) < 4.78 is 5.34. The zero-order valence-electron chi connectivity index (χ0n) is 14.4. The highest BCUT2D eigenvalue weighted by molar-refractivity contribution is 7.20. The van der Waals surface area contributed by atoms with Crippen molar-refractivity contribution in [2.75, 3.05) is 17.7 Å². The van der Waals surface area contributed by atoms with E-state index in [0.29, 0.717) is 27.5 Å². The van der Waals surface area contributed by atoms with Gasteiger partial charge in [-0.25, -0.2) is 9.97 Å². The fourth-order valence-electron chi connectivity index (χ4n) is 2.22. The lowest BCUT2D eigenvalue weighted by Crippen LogP contribution is -2.08. The molecular weight excluding hydrogens is 392 g/mol. The summed E-state index contributed by atoms with van der Waals surface area (Å²) in [7, 11) is 1.61. The van der Waals surface area contributed by atoms with Gasteiger partial charge < -0.3 is 15.4 Å². The van der Waals surface area contributed by atoms with Crippen molar-refractivity contribution in [2.24, 2.45) is 0 Å². The number of thiazole rings is 2. The number of aromatic nitrogens is 2. The number of hydrogen-bond acceptors (Lipinski definition) is 7. The van der Waals surface area contributed by atoms with E-state index in [1.165, 1.54) is 22.7 Å². The van der Waals surface area contributed by atoms with Crippen LogP contribution in [0.2, 0.25) is 5.02 Å². The van der Waals surface area contributed by atoms with Gasteiger partial charge >= 0.3 is 0 Å². The van der Waals surface area contributed by atoms with Crippen LogP contribution in [0.15, 0.2) is 23.6 Å². The van der Waals surface area contributed by atoms with E-state index < -0.39 is 0 Å². The molecule has 0 saturated carbocycles. The van der Waals surface area contributed by atoms with Crippen LogP contribution < -0.4 is 15.4 Å². The number of rotatable bonds is 6. The fourth-order valence-corrected chi connectivity index (χ4v) is 4.13. The summed E-state index contributed by atoms with van der Waals surface area (Å²) in [4.78, 5) is 21.5. The van der Waals surface area contributed by atoms with Gasteiger partial charge in [-0.15, -0.1) is 11.3 Å². The van der Waals surface area contributed by atoms with Crippen LogP contribution in [0.4, 0.5) is 16.0 Å². The number of aryl methyl sites for hydroxylation is 1. The maximum Gasteiger partial charge on any atom is 0.225 e. The topological polar surface area (TPSA) is 76.1 Å². The summed E-state index contributed by atoms with van der Waals surface area (Å²) in [5, 5.41) is 9.88. The molecule has 2 heterocycles. The van der Waals surface area contributed by atoms with Crippen molar-refractivity contribution in [3.05, 3.63) is 34.3 Å². The Morgan fingerprint density at radius 2 is 2.12 bits per heavy atom. The smallest absolute Gasteiger partial charge is 0.225 e. The Morgan fingerprint density at radius 3 is 2.85 bits per heavy atom. The monoisotopic (exact) mass is 408 g/mol. The van der Waals surface area contributed by atoms with Gasteiger partial charge in [0.2, 0.25) is 5.91 Å². The minimum atomic E-state index is -0.0565. The van der Waals surface area contributed by atoms with E-state index in [1.54, 1.807) is 32.2 Å². The number of nitrogens with one attached hydrogen (secondary N) is 2. The first-order valence-corrected chi connectivity index (χ1v) is 9.91. The number of methoxy groups -OCH3 is 1. The minimum absolute atomic E-state index is 0.0565. The molecule has 6 nitrogen and oxygen atoms in total. The van der Waals surface area contributed by atoms with Crippen LogP contribution in [0.1, 0.15) is 19.0 Å². The predicted molar refractivity (Wildman–Crippen MR) is 108 cm³/mol. The van der Waals surface area contributed by atoms with E-state index in [0.717, 1.165) is 22.0 Å². The van der Waals surface area contributed by atoms with Gasteiger partial charge in [-0.2, -0.15) is 0 Å². The van der Waals surface area contributed by atoms with E-state index >= 15 is 0 Å². The summed E-state index contributed by atoms with van der Waals surface area (Å²) in [6, 6.07) is 5.36. The molecule has 0 radical (unpaired) electrons. The highest BCUT2D eigenvalue weighted by atomic mass is 35.5. The number of amides is 1. The summed E-state index contributed by atoms with van der Waals surface area (Å²) in [6.07, 6.45) is 0.417. The summed E-state index contributed by atoms with van der Waals surface area (Å²) in [5.41, 5.74) is 2.39. The number of carbonyl (C=O) groups is 1. The molecule has 136 valence electrons. The minimum Gasteiger partial charge on any atom is -0.495 e. The lowest BCUT2D eigenvalue weighted by Gasteiger charge is -2.09. The average Bonchev–Trinajstić information content (AvgIpc) is 3.21. The molecule has 0 bridgehead atoms. The number of hydrogen-bond donors (Lipinski definition) is 2. The SMILES string of the molecule is CCC(=O)Nc1nc(C)c(-c2csc(Nc3cc(Cl)ccc3OC)n2)s1. The first-order chi connectivity index (χ1) is 12.5. The van der Waals surface area contributed by atoms with Gasteiger partial charge in [-0.3, -0.25) is 4.79 Å². The quantitative estimate of drug-likeness (QED) is 0.576. The molecule has 0 aliphatic carbocycles. The molecule has 0 atom stereocenters. The fraction of sp³-hybridized carbons (Fsp3) is 0.235. The van der Waals surface area contributed by atoms with Crippen LogP contribution in [0.25, 0.3) is 10.6 Å².